The van der Waals surface area contributed by atoms with E-state index in [1.54, 1.807) is 18.2 Å². The monoisotopic (exact) mass is 434 g/mol. The van der Waals surface area contributed by atoms with Gasteiger partial charge >= 0.3 is 11.6 Å². The molecule has 3 rings (SSSR count). The second-order valence-electron chi connectivity index (χ2n) is 5.36. The highest BCUT2D eigenvalue weighted by atomic mass is 79.9. The van der Waals surface area contributed by atoms with Crippen LogP contribution in [0.15, 0.2) is 67.1 Å². The number of carbonyl (C=O) groups excluding carboxylic acids is 1. The van der Waals surface area contributed by atoms with Gasteiger partial charge in [-0.3, -0.25) is 4.79 Å². The van der Waals surface area contributed by atoms with Crippen molar-refractivity contribution in [1.82, 2.24) is 0 Å². The zero-order valence-electron chi connectivity index (χ0n) is 13.9. The Balaban J connectivity index is 1.66. The van der Waals surface area contributed by atoms with E-state index in [2.05, 4.69) is 15.9 Å². The maximum absolute atomic E-state index is 12.0. The van der Waals surface area contributed by atoms with Gasteiger partial charge in [-0.1, -0.05) is 15.9 Å². The van der Waals surface area contributed by atoms with E-state index >= 15 is 0 Å². The fourth-order valence-electron chi connectivity index (χ4n) is 2.33. The molecule has 1 heterocycles. The second-order valence-corrected chi connectivity index (χ2v) is 7.32. The minimum absolute atomic E-state index is 0.00810. The Bertz CT molecular complexity index is 981. The maximum Gasteiger partial charge on any atom is 0.336 e. The number of carbonyl (C=O) groups is 1. The maximum atomic E-state index is 12.0. The number of methoxy groups -OCH3 is 1. The SMILES string of the molecule is COc1ccc2c(COC(=O)CSc3ccc(Br)cc3)cc(=O)oc2c1. The summed E-state index contributed by atoms with van der Waals surface area (Å²) in [5, 5.41) is 0.707. The van der Waals surface area contributed by atoms with Gasteiger partial charge in [-0.15, -0.1) is 11.8 Å². The summed E-state index contributed by atoms with van der Waals surface area (Å²) < 4.78 is 16.6. The molecule has 1 aromatic heterocycles. The van der Waals surface area contributed by atoms with Crippen LogP contribution in [0.1, 0.15) is 5.56 Å². The molecule has 134 valence electrons. The number of hydrogen-bond acceptors (Lipinski definition) is 6. The summed E-state index contributed by atoms with van der Waals surface area (Å²) in [6.45, 7) is 0.00810. The molecule has 5 nitrogen and oxygen atoms in total. The van der Waals surface area contributed by atoms with Crippen LogP contribution in [0.3, 0.4) is 0 Å². The van der Waals surface area contributed by atoms with Crippen molar-refractivity contribution < 1.29 is 18.7 Å². The summed E-state index contributed by atoms with van der Waals surface area (Å²) in [5.41, 5.74) is 0.495. The number of fused-ring (bicyclic) bond motifs is 1. The van der Waals surface area contributed by atoms with Crippen LogP contribution in [0.5, 0.6) is 5.75 Å². The topological polar surface area (TPSA) is 65.7 Å². The van der Waals surface area contributed by atoms with Gasteiger partial charge < -0.3 is 13.9 Å². The molecule has 3 aromatic rings. The number of hydrogen-bond donors (Lipinski definition) is 0. The lowest BCUT2D eigenvalue weighted by molar-refractivity contribution is -0.141. The van der Waals surface area contributed by atoms with E-state index in [9.17, 15) is 9.59 Å². The number of rotatable bonds is 6. The standard InChI is InChI=1S/C19H15BrO5S/c1-23-14-4-7-16-12(8-18(21)25-17(16)9-14)10-24-19(22)11-26-15-5-2-13(20)3-6-15/h2-9H,10-11H2,1H3. The molecule has 0 bridgehead atoms. The van der Waals surface area contributed by atoms with E-state index in [0.717, 1.165) is 9.37 Å². The summed E-state index contributed by atoms with van der Waals surface area (Å²) in [4.78, 5) is 24.7. The van der Waals surface area contributed by atoms with Gasteiger partial charge in [-0.2, -0.15) is 0 Å². The Morgan fingerprint density at radius 3 is 2.65 bits per heavy atom. The number of benzene rings is 2. The van der Waals surface area contributed by atoms with Crippen molar-refractivity contribution in [2.75, 3.05) is 12.9 Å². The van der Waals surface area contributed by atoms with Gasteiger partial charge in [0.25, 0.3) is 0 Å². The minimum Gasteiger partial charge on any atom is -0.497 e. The van der Waals surface area contributed by atoms with Crippen molar-refractivity contribution in [3.8, 4) is 5.75 Å². The molecule has 0 saturated heterocycles. The minimum atomic E-state index is -0.499. The molecule has 0 aliphatic carbocycles. The Kier molecular flexibility index (Phi) is 6.00. The number of thioether (sulfide) groups is 1. The molecule has 7 heteroatoms. The van der Waals surface area contributed by atoms with Crippen LogP contribution in [0.25, 0.3) is 11.0 Å². The lowest BCUT2D eigenvalue weighted by atomic mass is 10.1. The Morgan fingerprint density at radius 1 is 1.15 bits per heavy atom. The summed E-state index contributed by atoms with van der Waals surface area (Å²) in [7, 11) is 1.54. The average molecular weight is 435 g/mol. The third kappa shape index (κ3) is 4.68. The molecule has 26 heavy (non-hydrogen) atoms. The van der Waals surface area contributed by atoms with Gasteiger partial charge in [0.2, 0.25) is 0 Å². The van der Waals surface area contributed by atoms with Crippen molar-refractivity contribution in [2.45, 2.75) is 11.5 Å². The zero-order valence-corrected chi connectivity index (χ0v) is 16.3. The molecule has 0 N–H and O–H groups in total. The first-order valence-electron chi connectivity index (χ1n) is 7.70. The molecular weight excluding hydrogens is 420 g/mol. The van der Waals surface area contributed by atoms with Crippen LogP contribution in [-0.4, -0.2) is 18.8 Å². The van der Waals surface area contributed by atoms with Crippen LogP contribution in [0, 0.1) is 0 Å². The van der Waals surface area contributed by atoms with Gasteiger partial charge in [0.1, 0.15) is 17.9 Å². The van der Waals surface area contributed by atoms with Gasteiger partial charge in [0, 0.05) is 32.5 Å². The molecule has 2 aromatic carbocycles. The van der Waals surface area contributed by atoms with Gasteiger partial charge in [0.15, 0.2) is 0 Å². The van der Waals surface area contributed by atoms with Crippen LogP contribution < -0.4 is 10.4 Å². The van der Waals surface area contributed by atoms with Crippen molar-refractivity contribution in [1.29, 1.82) is 0 Å². The van der Waals surface area contributed by atoms with Gasteiger partial charge in [-0.05, 0) is 36.4 Å². The predicted molar refractivity (Wildman–Crippen MR) is 104 cm³/mol. The predicted octanol–water partition coefficient (Wildman–Crippen LogP) is 4.40. The fraction of sp³-hybridized carbons (Fsp3) is 0.158. The van der Waals surface area contributed by atoms with Crippen LogP contribution in [-0.2, 0) is 16.1 Å². The molecule has 0 aliphatic heterocycles. The van der Waals surface area contributed by atoms with Crippen LogP contribution in [0.2, 0.25) is 0 Å². The van der Waals surface area contributed by atoms with Gasteiger partial charge in [-0.25, -0.2) is 4.79 Å². The molecule has 0 fully saturated rings. The molecule has 0 spiro atoms. The van der Waals surface area contributed by atoms with Crippen molar-refractivity contribution in [3.63, 3.8) is 0 Å². The first kappa shape index (κ1) is 18.5. The number of esters is 1. The van der Waals surface area contributed by atoms with Crippen molar-refractivity contribution in [2.24, 2.45) is 0 Å². The van der Waals surface area contributed by atoms with E-state index < -0.39 is 5.63 Å². The molecule has 0 radical (unpaired) electrons. The first-order valence-corrected chi connectivity index (χ1v) is 9.48. The Labute approximate surface area is 162 Å². The third-order valence-electron chi connectivity index (χ3n) is 3.60. The molecule has 0 amide bonds. The Hall–Kier alpha value is -2.25. The highest BCUT2D eigenvalue weighted by Gasteiger charge is 2.10. The number of halogens is 1. The first-order chi connectivity index (χ1) is 12.5. The van der Waals surface area contributed by atoms with E-state index in [0.29, 0.717) is 22.3 Å². The highest BCUT2D eigenvalue weighted by Crippen LogP contribution is 2.24. The summed E-state index contributed by atoms with van der Waals surface area (Å²) in [6, 6.07) is 14.2. The smallest absolute Gasteiger partial charge is 0.336 e. The molecular formula is C19H15BrO5S. The number of ether oxygens (including phenoxy) is 2. The molecule has 0 unspecified atom stereocenters. The molecule has 0 atom stereocenters. The quantitative estimate of drug-likeness (QED) is 0.325. The van der Waals surface area contributed by atoms with E-state index in [4.69, 9.17) is 13.9 Å². The summed E-state index contributed by atoms with van der Waals surface area (Å²) >= 11 is 4.76. The highest BCUT2D eigenvalue weighted by molar-refractivity contribution is 9.10. The normalized spacial score (nSPS) is 10.7. The Morgan fingerprint density at radius 2 is 1.92 bits per heavy atom. The lowest BCUT2D eigenvalue weighted by Crippen LogP contribution is -2.09. The van der Waals surface area contributed by atoms with E-state index in [-0.39, 0.29) is 18.3 Å². The van der Waals surface area contributed by atoms with Crippen LogP contribution >= 0.6 is 27.7 Å². The summed E-state index contributed by atoms with van der Waals surface area (Å²) in [6.07, 6.45) is 0. The van der Waals surface area contributed by atoms with E-state index in [1.165, 1.54) is 24.9 Å². The zero-order chi connectivity index (χ0) is 18.5. The van der Waals surface area contributed by atoms with Gasteiger partial charge in [0.05, 0.1) is 12.9 Å². The summed E-state index contributed by atoms with van der Waals surface area (Å²) in [5.74, 6) is 0.419. The second kappa shape index (κ2) is 8.42. The third-order valence-corrected chi connectivity index (χ3v) is 5.11. The lowest BCUT2D eigenvalue weighted by Gasteiger charge is -2.08. The molecule has 0 saturated carbocycles. The largest absolute Gasteiger partial charge is 0.497 e. The fourth-order valence-corrected chi connectivity index (χ4v) is 3.29. The molecule has 0 aliphatic rings. The average Bonchev–Trinajstić information content (AvgIpc) is 2.64. The van der Waals surface area contributed by atoms with Crippen LogP contribution in [0.4, 0.5) is 0 Å². The van der Waals surface area contributed by atoms with E-state index in [1.807, 2.05) is 24.3 Å². The van der Waals surface area contributed by atoms with Crippen molar-refractivity contribution in [3.05, 3.63) is 69.0 Å². The van der Waals surface area contributed by atoms with Crippen molar-refractivity contribution >= 4 is 44.6 Å².